The Balaban J connectivity index is 1.40. The van der Waals surface area contributed by atoms with Gasteiger partial charge in [0.25, 0.3) is 0 Å². The summed E-state index contributed by atoms with van der Waals surface area (Å²) in [6, 6.07) is 13.7. The van der Waals surface area contributed by atoms with Gasteiger partial charge in [-0.15, -0.1) is 0 Å². The van der Waals surface area contributed by atoms with Gasteiger partial charge in [-0.2, -0.15) is 0 Å². The van der Waals surface area contributed by atoms with Gasteiger partial charge in [0.1, 0.15) is 11.5 Å². The number of rotatable bonds is 3. The third-order valence-corrected chi connectivity index (χ3v) is 8.25. The van der Waals surface area contributed by atoms with Crippen molar-refractivity contribution in [2.24, 2.45) is 22.2 Å². The number of phenols is 1. The van der Waals surface area contributed by atoms with Crippen molar-refractivity contribution in [3.05, 3.63) is 59.2 Å². The van der Waals surface area contributed by atoms with E-state index < -0.39 is 6.10 Å². The smallest absolute Gasteiger partial charge is 0.124 e. The standard InChI is InChI=1S/C26H31NO3/c1-26-12-11-20-19-10-8-18(30-2)13-16(19)7-9-21(20)22(26)14-23(25(26)29)27-15-17-5-3-4-6-24(17)28/h3-6,8,10,13,15,20-23,25,28-29H,7,9,11-12,14H2,1-2H3/t20-,21-,22+,23+,25+,26+/m1/s1. The Labute approximate surface area is 178 Å². The number of methoxy groups -OCH3 is 1. The number of nitrogens with zero attached hydrogens (tertiary/aromatic N) is 1. The topological polar surface area (TPSA) is 62.0 Å². The van der Waals surface area contributed by atoms with E-state index in [2.05, 4.69) is 25.1 Å². The van der Waals surface area contributed by atoms with Crippen LogP contribution in [0.2, 0.25) is 0 Å². The van der Waals surface area contributed by atoms with E-state index in [1.807, 2.05) is 18.2 Å². The van der Waals surface area contributed by atoms with Crippen LogP contribution in [0.3, 0.4) is 0 Å². The number of ether oxygens (including phenoxy) is 1. The number of benzene rings is 2. The molecule has 0 amide bonds. The molecule has 0 radical (unpaired) electrons. The number of aryl methyl sites for hydroxylation is 1. The summed E-state index contributed by atoms with van der Waals surface area (Å²) in [5, 5.41) is 21.3. The molecule has 3 aliphatic carbocycles. The summed E-state index contributed by atoms with van der Waals surface area (Å²) in [5.41, 5.74) is 3.56. The van der Waals surface area contributed by atoms with Crippen LogP contribution in [-0.4, -0.2) is 35.7 Å². The Bertz CT molecular complexity index is 971. The van der Waals surface area contributed by atoms with Crippen LogP contribution in [0.5, 0.6) is 11.5 Å². The Hall–Kier alpha value is -2.33. The summed E-state index contributed by atoms with van der Waals surface area (Å²) in [5.74, 6) is 2.84. The van der Waals surface area contributed by atoms with Gasteiger partial charge in [0.2, 0.25) is 0 Å². The number of fused-ring (bicyclic) bond motifs is 5. The molecule has 0 bridgehead atoms. The predicted molar refractivity (Wildman–Crippen MR) is 118 cm³/mol. The van der Waals surface area contributed by atoms with Crippen molar-refractivity contribution in [3.8, 4) is 11.5 Å². The number of aliphatic imine (C=N–C) groups is 1. The summed E-state index contributed by atoms with van der Waals surface area (Å²) >= 11 is 0. The molecule has 0 saturated heterocycles. The number of aliphatic hydroxyl groups is 1. The highest BCUT2D eigenvalue weighted by atomic mass is 16.5. The zero-order valence-electron chi connectivity index (χ0n) is 17.8. The second-order valence-corrected chi connectivity index (χ2v) is 9.61. The van der Waals surface area contributed by atoms with Gasteiger partial charge < -0.3 is 14.9 Å². The highest BCUT2D eigenvalue weighted by molar-refractivity contribution is 5.83. The molecule has 0 aromatic heterocycles. The molecule has 30 heavy (non-hydrogen) atoms. The normalized spacial score (nSPS) is 35.0. The Morgan fingerprint density at radius 3 is 2.80 bits per heavy atom. The quantitative estimate of drug-likeness (QED) is 0.727. The van der Waals surface area contributed by atoms with Crippen molar-refractivity contribution in [2.45, 2.75) is 57.1 Å². The number of aromatic hydroxyl groups is 1. The molecule has 0 unspecified atom stereocenters. The van der Waals surface area contributed by atoms with Crippen molar-refractivity contribution in [3.63, 3.8) is 0 Å². The van der Waals surface area contributed by atoms with Crippen LogP contribution in [-0.2, 0) is 6.42 Å². The summed E-state index contributed by atoms with van der Waals surface area (Å²) < 4.78 is 5.43. The van der Waals surface area contributed by atoms with E-state index in [1.165, 1.54) is 17.5 Å². The largest absolute Gasteiger partial charge is 0.507 e. The SMILES string of the molecule is COc1ccc2c(c1)CC[C@@H]1[C@@H]2CC[C@]2(C)[C@@H](O)[C@@H](N=Cc3ccccc3O)C[C@@H]12. The maximum atomic E-state index is 11.3. The van der Waals surface area contributed by atoms with E-state index in [0.29, 0.717) is 23.3 Å². The van der Waals surface area contributed by atoms with Crippen LogP contribution >= 0.6 is 0 Å². The first kappa shape index (κ1) is 19.6. The van der Waals surface area contributed by atoms with E-state index in [-0.39, 0.29) is 17.2 Å². The molecular weight excluding hydrogens is 374 g/mol. The van der Waals surface area contributed by atoms with Crippen molar-refractivity contribution in [2.75, 3.05) is 7.11 Å². The van der Waals surface area contributed by atoms with Crippen molar-refractivity contribution >= 4 is 6.21 Å². The molecule has 5 rings (SSSR count). The van der Waals surface area contributed by atoms with Gasteiger partial charge >= 0.3 is 0 Å². The molecule has 158 valence electrons. The summed E-state index contributed by atoms with van der Waals surface area (Å²) in [6.07, 6.45) is 6.66. The highest BCUT2D eigenvalue weighted by Crippen LogP contribution is 2.61. The molecule has 0 heterocycles. The number of hydrogen-bond donors (Lipinski definition) is 2. The molecule has 0 spiro atoms. The minimum absolute atomic E-state index is 0.0775. The molecule has 2 aromatic rings. The van der Waals surface area contributed by atoms with E-state index in [9.17, 15) is 10.2 Å². The third-order valence-electron chi connectivity index (χ3n) is 8.25. The van der Waals surface area contributed by atoms with Gasteiger partial charge in [0, 0.05) is 11.8 Å². The first-order valence-corrected chi connectivity index (χ1v) is 11.2. The lowest BCUT2D eigenvalue weighted by Crippen LogP contribution is -2.44. The van der Waals surface area contributed by atoms with Crippen LogP contribution in [0.25, 0.3) is 0 Å². The highest BCUT2D eigenvalue weighted by Gasteiger charge is 2.58. The van der Waals surface area contributed by atoms with Crippen LogP contribution in [0.1, 0.15) is 55.2 Å². The second kappa shape index (κ2) is 7.42. The minimum Gasteiger partial charge on any atom is -0.507 e. The fourth-order valence-corrected chi connectivity index (χ4v) is 6.59. The van der Waals surface area contributed by atoms with Crippen LogP contribution in [0.4, 0.5) is 0 Å². The van der Waals surface area contributed by atoms with Gasteiger partial charge in [0.05, 0.1) is 19.3 Å². The molecule has 0 aliphatic heterocycles. The molecule has 2 aromatic carbocycles. The molecule has 6 atom stereocenters. The summed E-state index contributed by atoms with van der Waals surface area (Å²) in [6.45, 7) is 2.28. The summed E-state index contributed by atoms with van der Waals surface area (Å²) in [4.78, 5) is 4.76. The fourth-order valence-electron chi connectivity index (χ4n) is 6.59. The molecule has 4 nitrogen and oxygen atoms in total. The Morgan fingerprint density at radius 2 is 2.00 bits per heavy atom. The van der Waals surface area contributed by atoms with Gasteiger partial charge in [-0.25, -0.2) is 0 Å². The average Bonchev–Trinajstić information content (AvgIpc) is 3.03. The number of para-hydroxylation sites is 1. The van der Waals surface area contributed by atoms with Crippen LogP contribution in [0.15, 0.2) is 47.5 Å². The first-order chi connectivity index (χ1) is 14.5. The van der Waals surface area contributed by atoms with Crippen LogP contribution in [0, 0.1) is 17.3 Å². The van der Waals surface area contributed by atoms with Crippen molar-refractivity contribution in [1.82, 2.24) is 0 Å². The zero-order chi connectivity index (χ0) is 20.9. The van der Waals surface area contributed by atoms with Crippen LogP contribution < -0.4 is 4.74 Å². The molecular formula is C26H31NO3. The molecule has 2 saturated carbocycles. The maximum absolute atomic E-state index is 11.3. The number of hydrogen-bond acceptors (Lipinski definition) is 4. The predicted octanol–water partition coefficient (Wildman–Crippen LogP) is 4.72. The Kier molecular flexibility index (Phi) is 4.85. The lowest BCUT2D eigenvalue weighted by atomic mass is 9.55. The maximum Gasteiger partial charge on any atom is 0.124 e. The van der Waals surface area contributed by atoms with E-state index in [1.54, 1.807) is 19.4 Å². The molecule has 2 N–H and O–H groups in total. The zero-order valence-corrected chi connectivity index (χ0v) is 17.8. The van der Waals surface area contributed by atoms with Gasteiger partial charge in [-0.05, 0) is 90.7 Å². The average molecular weight is 406 g/mol. The minimum atomic E-state index is -0.428. The first-order valence-electron chi connectivity index (χ1n) is 11.2. The van der Waals surface area contributed by atoms with Crippen molar-refractivity contribution < 1.29 is 14.9 Å². The summed E-state index contributed by atoms with van der Waals surface area (Å²) in [7, 11) is 1.73. The van der Waals surface area contributed by atoms with Gasteiger partial charge in [0.15, 0.2) is 0 Å². The lowest BCUT2D eigenvalue weighted by Gasteiger charge is -2.50. The van der Waals surface area contributed by atoms with Gasteiger partial charge in [-0.1, -0.05) is 25.1 Å². The number of phenolic OH excluding ortho intramolecular Hbond substituents is 1. The Morgan fingerprint density at radius 1 is 1.17 bits per heavy atom. The monoisotopic (exact) mass is 405 g/mol. The van der Waals surface area contributed by atoms with E-state index in [4.69, 9.17) is 9.73 Å². The molecule has 4 heteroatoms. The number of aliphatic hydroxyl groups excluding tert-OH is 1. The van der Waals surface area contributed by atoms with Gasteiger partial charge in [-0.3, -0.25) is 4.99 Å². The van der Waals surface area contributed by atoms with E-state index >= 15 is 0 Å². The molecule has 2 fully saturated rings. The lowest BCUT2D eigenvalue weighted by molar-refractivity contribution is -0.0254. The fraction of sp³-hybridized carbons (Fsp3) is 0.500. The molecule has 3 aliphatic rings. The third kappa shape index (κ3) is 3.04. The van der Waals surface area contributed by atoms with E-state index in [0.717, 1.165) is 31.4 Å². The second-order valence-electron chi connectivity index (χ2n) is 9.61. The van der Waals surface area contributed by atoms with Crippen molar-refractivity contribution in [1.29, 1.82) is 0 Å².